The molecule has 1 aliphatic rings. The van der Waals surface area contributed by atoms with Crippen molar-refractivity contribution in [2.75, 3.05) is 0 Å². The minimum atomic E-state index is 0. The summed E-state index contributed by atoms with van der Waals surface area (Å²) in [5.41, 5.74) is 0. The maximum atomic E-state index is 2.27. The van der Waals surface area contributed by atoms with E-state index in [9.17, 15) is 0 Å². The predicted molar refractivity (Wildman–Crippen MR) is 36.7 cm³/mol. The van der Waals surface area contributed by atoms with Crippen LogP contribution in [0, 0.1) is 0 Å². The van der Waals surface area contributed by atoms with Gasteiger partial charge in [0.05, 0.1) is 0 Å². The first-order valence-electron chi connectivity index (χ1n) is 3.30. The van der Waals surface area contributed by atoms with Crippen LogP contribution in [0.1, 0.15) is 25.7 Å². The van der Waals surface area contributed by atoms with E-state index in [1.165, 1.54) is 25.7 Å². The molecule has 0 aromatic rings. The van der Waals surface area contributed by atoms with Gasteiger partial charge in [0, 0.05) is 19.8 Å². The van der Waals surface area contributed by atoms with Gasteiger partial charge in [-0.05, 0) is 25.7 Å². The summed E-state index contributed by atoms with van der Waals surface area (Å²) < 4.78 is 0. The van der Waals surface area contributed by atoms with E-state index in [2.05, 4.69) is 24.3 Å². The fourth-order valence-electron chi connectivity index (χ4n) is 0.856. The van der Waals surface area contributed by atoms with Crippen LogP contribution in [0.2, 0.25) is 0 Å². The molecule has 0 amide bonds. The van der Waals surface area contributed by atoms with E-state index in [1.54, 1.807) is 0 Å². The van der Waals surface area contributed by atoms with Crippen LogP contribution in [0.15, 0.2) is 24.3 Å². The number of hydrogen-bond acceptors (Lipinski definition) is 0. The van der Waals surface area contributed by atoms with Crippen LogP contribution in [-0.4, -0.2) is 0 Å². The van der Waals surface area contributed by atoms with Crippen molar-refractivity contribution in [3.05, 3.63) is 24.3 Å². The van der Waals surface area contributed by atoms with Crippen LogP contribution >= 0.6 is 0 Å². The quantitative estimate of drug-likeness (QED) is 0.603. The molecule has 0 saturated carbocycles. The van der Waals surface area contributed by atoms with Crippen LogP contribution in [-0.2, 0) is 19.8 Å². The third kappa shape index (κ3) is 4.61. The van der Waals surface area contributed by atoms with E-state index in [0.29, 0.717) is 0 Å². The summed E-state index contributed by atoms with van der Waals surface area (Å²) in [5, 5.41) is 0. The molecule has 0 N–H and O–H groups in total. The predicted octanol–water partition coefficient (Wildman–Crippen LogP) is 2.67. The van der Waals surface area contributed by atoms with Crippen molar-refractivity contribution in [3.8, 4) is 0 Å². The van der Waals surface area contributed by atoms with Gasteiger partial charge in [-0.25, -0.2) is 0 Å². The summed E-state index contributed by atoms with van der Waals surface area (Å²) >= 11 is 0. The zero-order chi connectivity index (χ0) is 5.66. The van der Waals surface area contributed by atoms with Gasteiger partial charge in [0.2, 0.25) is 0 Å². The van der Waals surface area contributed by atoms with Crippen LogP contribution in [0.4, 0.5) is 0 Å². The van der Waals surface area contributed by atoms with Gasteiger partial charge in [0.15, 0.2) is 0 Å². The molecule has 1 aliphatic carbocycles. The average molecular weight is 298 g/mol. The Balaban J connectivity index is 0.000000640. The molecule has 0 aromatic carbocycles. The Bertz CT molecular complexity index is 77.1. The summed E-state index contributed by atoms with van der Waals surface area (Å²) in [6.45, 7) is 0. The summed E-state index contributed by atoms with van der Waals surface area (Å²) in [6, 6.07) is 0. The Kier molecular flexibility index (Phi) is 6.32. The largest absolute Gasteiger partial charge is 0.0882 e. The molecule has 0 saturated heterocycles. The van der Waals surface area contributed by atoms with E-state index in [4.69, 9.17) is 0 Å². The van der Waals surface area contributed by atoms with Crippen LogP contribution < -0.4 is 0 Å². The molecule has 0 spiro atoms. The van der Waals surface area contributed by atoms with Gasteiger partial charge in [0.1, 0.15) is 0 Å². The zero-order valence-electron chi connectivity index (χ0n) is 5.49. The molecule has 0 nitrogen and oxygen atoms in total. The number of allylic oxidation sites excluding steroid dienone is 4. The maximum Gasteiger partial charge on any atom is 0 e. The van der Waals surface area contributed by atoms with Crippen molar-refractivity contribution in [3.63, 3.8) is 0 Å². The van der Waals surface area contributed by atoms with Crippen molar-refractivity contribution >= 4 is 0 Å². The molecule has 0 bridgehead atoms. The topological polar surface area (TPSA) is 0 Å². The molecule has 0 aromatic heterocycles. The number of rotatable bonds is 0. The first kappa shape index (κ1) is 9.12. The molecule has 0 aliphatic heterocycles. The van der Waals surface area contributed by atoms with Gasteiger partial charge >= 0.3 is 0 Å². The van der Waals surface area contributed by atoms with Crippen molar-refractivity contribution < 1.29 is 19.8 Å². The summed E-state index contributed by atoms with van der Waals surface area (Å²) in [7, 11) is 0. The van der Waals surface area contributed by atoms with Gasteiger partial charge in [-0.2, -0.15) is 0 Å². The van der Waals surface area contributed by atoms with Crippen molar-refractivity contribution in [1.82, 2.24) is 0 Å². The van der Waals surface area contributed by atoms with Crippen LogP contribution in [0.5, 0.6) is 0 Å². The minimum absolute atomic E-state index is 0. The fourth-order valence-corrected chi connectivity index (χ4v) is 0.856. The molecule has 52 valence electrons. The molecule has 1 heteroatoms. The second-order valence-electron chi connectivity index (χ2n) is 2.10. The van der Waals surface area contributed by atoms with E-state index < -0.39 is 0 Å². The standard InChI is InChI=1S/C8H12.Os/c1-2-4-6-8-7-5-3-1;/h1-2,7-8H,3-6H2;/b2-1-,8-7-;. The molecule has 0 unspecified atom stereocenters. The maximum absolute atomic E-state index is 2.27. The van der Waals surface area contributed by atoms with Gasteiger partial charge < -0.3 is 0 Å². The molecule has 0 atom stereocenters. The molecule has 0 fully saturated rings. The smallest absolute Gasteiger partial charge is 0 e. The monoisotopic (exact) mass is 300 g/mol. The molecular weight excluding hydrogens is 286 g/mol. The second kappa shape index (κ2) is 6.24. The third-order valence-corrected chi connectivity index (χ3v) is 1.33. The van der Waals surface area contributed by atoms with E-state index in [1.807, 2.05) is 0 Å². The SMILES string of the molecule is C1=C\CC/C=C\CC/1.[Os]. The van der Waals surface area contributed by atoms with Gasteiger partial charge in [-0.15, -0.1) is 0 Å². The Morgan fingerprint density at radius 3 is 1.00 bits per heavy atom. The first-order chi connectivity index (χ1) is 4.00. The summed E-state index contributed by atoms with van der Waals surface area (Å²) in [4.78, 5) is 0. The van der Waals surface area contributed by atoms with E-state index in [-0.39, 0.29) is 19.8 Å². The van der Waals surface area contributed by atoms with Crippen LogP contribution in [0.25, 0.3) is 0 Å². The van der Waals surface area contributed by atoms with Gasteiger partial charge in [-0.1, -0.05) is 24.3 Å². The fraction of sp³-hybridized carbons (Fsp3) is 0.500. The Morgan fingerprint density at radius 2 is 0.778 bits per heavy atom. The Labute approximate surface area is 70.1 Å². The van der Waals surface area contributed by atoms with Crippen molar-refractivity contribution in [2.45, 2.75) is 25.7 Å². The first-order valence-corrected chi connectivity index (χ1v) is 3.30. The molecular formula is C8H12Os. The molecule has 0 heterocycles. The Hall–Kier alpha value is 0.116. The average Bonchev–Trinajstić information content (AvgIpc) is 1.62. The van der Waals surface area contributed by atoms with Crippen LogP contribution in [0.3, 0.4) is 0 Å². The van der Waals surface area contributed by atoms with E-state index in [0.717, 1.165) is 0 Å². The van der Waals surface area contributed by atoms with Gasteiger partial charge in [0.25, 0.3) is 0 Å². The molecule has 9 heavy (non-hydrogen) atoms. The van der Waals surface area contributed by atoms with Gasteiger partial charge in [-0.3, -0.25) is 0 Å². The molecule has 0 radical (unpaired) electrons. The third-order valence-electron chi connectivity index (χ3n) is 1.33. The zero-order valence-corrected chi connectivity index (χ0v) is 8.03. The van der Waals surface area contributed by atoms with Crippen molar-refractivity contribution in [2.24, 2.45) is 0 Å². The summed E-state index contributed by atoms with van der Waals surface area (Å²) in [5.74, 6) is 0. The minimum Gasteiger partial charge on any atom is -0.0882 e. The van der Waals surface area contributed by atoms with Crippen molar-refractivity contribution in [1.29, 1.82) is 0 Å². The number of hydrogen-bond donors (Lipinski definition) is 0. The summed E-state index contributed by atoms with van der Waals surface area (Å²) in [6.07, 6.45) is 14.0. The second-order valence-corrected chi connectivity index (χ2v) is 2.10. The molecule has 1 rings (SSSR count). The normalized spacial score (nSPS) is 24.9. The van der Waals surface area contributed by atoms with E-state index >= 15 is 0 Å². The Morgan fingerprint density at radius 1 is 0.556 bits per heavy atom.